The average Bonchev–Trinajstić information content (AvgIpc) is 2.33. The van der Waals surface area contributed by atoms with Gasteiger partial charge in [-0.3, -0.25) is 4.79 Å². The summed E-state index contributed by atoms with van der Waals surface area (Å²) in [5, 5.41) is 3.25. The SMILES string of the molecule is CC1CC(C)C(C(=O)NC2CCCN(C)C2)CC1N. The Bertz CT molecular complexity index is 321. The fourth-order valence-corrected chi connectivity index (χ4v) is 3.64. The molecule has 4 nitrogen and oxygen atoms in total. The summed E-state index contributed by atoms with van der Waals surface area (Å²) in [7, 11) is 2.12. The third-order valence-electron chi connectivity index (χ3n) is 5.00. The number of nitrogens with two attached hydrogens (primary N) is 1. The molecule has 0 aromatic carbocycles. The number of piperidine rings is 1. The quantitative estimate of drug-likeness (QED) is 0.790. The van der Waals surface area contributed by atoms with Crippen molar-refractivity contribution < 1.29 is 4.79 Å². The van der Waals surface area contributed by atoms with E-state index in [9.17, 15) is 4.79 Å². The molecule has 5 atom stereocenters. The van der Waals surface area contributed by atoms with Gasteiger partial charge in [0.2, 0.25) is 5.91 Å². The normalized spacial score (nSPS) is 40.9. The number of likely N-dealkylation sites (N-methyl/N-ethyl adjacent to an activating group) is 1. The standard InChI is InChI=1S/C15H29N3O/c1-10-7-11(2)14(16)8-13(10)15(19)17-12-5-4-6-18(3)9-12/h10-14H,4-9,16H2,1-3H3,(H,17,19). The van der Waals surface area contributed by atoms with E-state index in [1.165, 1.54) is 6.42 Å². The predicted molar refractivity (Wildman–Crippen MR) is 77.7 cm³/mol. The van der Waals surface area contributed by atoms with E-state index in [1.54, 1.807) is 0 Å². The summed E-state index contributed by atoms with van der Waals surface area (Å²) in [4.78, 5) is 14.7. The molecule has 1 saturated carbocycles. The van der Waals surface area contributed by atoms with E-state index in [0.29, 0.717) is 17.9 Å². The van der Waals surface area contributed by atoms with Gasteiger partial charge in [-0.25, -0.2) is 0 Å². The number of likely N-dealkylation sites (tertiary alicyclic amines) is 1. The maximum absolute atomic E-state index is 12.5. The van der Waals surface area contributed by atoms with Gasteiger partial charge in [-0.2, -0.15) is 0 Å². The highest BCUT2D eigenvalue weighted by atomic mass is 16.2. The topological polar surface area (TPSA) is 58.4 Å². The molecule has 1 heterocycles. The van der Waals surface area contributed by atoms with E-state index >= 15 is 0 Å². The van der Waals surface area contributed by atoms with E-state index in [4.69, 9.17) is 5.73 Å². The Morgan fingerprint density at radius 3 is 2.68 bits per heavy atom. The molecule has 110 valence electrons. The van der Waals surface area contributed by atoms with Crippen LogP contribution in [0.4, 0.5) is 0 Å². The Morgan fingerprint density at radius 2 is 2.00 bits per heavy atom. The number of hydrogen-bond acceptors (Lipinski definition) is 3. The number of amides is 1. The lowest BCUT2D eigenvalue weighted by Gasteiger charge is -2.38. The summed E-state index contributed by atoms with van der Waals surface area (Å²) in [6.45, 7) is 6.52. The molecule has 2 fully saturated rings. The van der Waals surface area contributed by atoms with Gasteiger partial charge in [0.1, 0.15) is 0 Å². The van der Waals surface area contributed by atoms with Crippen molar-refractivity contribution in [2.45, 2.75) is 51.6 Å². The van der Waals surface area contributed by atoms with Crippen LogP contribution >= 0.6 is 0 Å². The highest BCUT2D eigenvalue weighted by molar-refractivity contribution is 5.79. The second-order valence-corrected chi connectivity index (χ2v) is 6.81. The van der Waals surface area contributed by atoms with Gasteiger partial charge in [0.15, 0.2) is 0 Å². The summed E-state index contributed by atoms with van der Waals surface area (Å²) in [6, 6.07) is 0.509. The third-order valence-corrected chi connectivity index (χ3v) is 5.00. The lowest BCUT2D eigenvalue weighted by molar-refractivity contribution is -0.129. The smallest absolute Gasteiger partial charge is 0.223 e. The van der Waals surface area contributed by atoms with Gasteiger partial charge in [-0.1, -0.05) is 13.8 Å². The molecule has 0 bridgehead atoms. The van der Waals surface area contributed by atoms with E-state index in [2.05, 4.69) is 31.1 Å². The Labute approximate surface area is 117 Å². The molecule has 0 aromatic heterocycles. The third kappa shape index (κ3) is 3.69. The average molecular weight is 267 g/mol. The van der Waals surface area contributed by atoms with Crippen molar-refractivity contribution in [2.75, 3.05) is 20.1 Å². The highest BCUT2D eigenvalue weighted by Crippen LogP contribution is 2.33. The predicted octanol–water partition coefficient (Wildman–Crippen LogP) is 1.21. The van der Waals surface area contributed by atoms with E-state index < -0.39 is 0 Å². The van der Waals surface area contributed by atoms with Gasteiger partial charge < -0.3 is 16.0 Å². The molecule has 0 aromatic rings. The van der Waals surface area contributed by atoms with Crippen LogP contribution in [0, 0.1) is 17.8 Å². The minimum atomic E-state index is 0.110. The van der Waals surface area contributed by atoms with Crippen molar-refractivity contribution >= 4 is 5.91 Å². The number of carbonyl (C=O) groups excluding carboxylic acids is 1. The van der Waals surface area contributed by atoms with Crippen molar-refractivity contribution in [3.05, 3.63) is 0 Å². The number of nitrogens with one attached hydrogen (secondary N) is 1. The second kappa shape index (κ2) is 6.23. The lowest BCUT2D eigenvalue weighted by Crippen LogP contribution is -2.51. The Morgan fingerprint density at radius 1 is 1.26 bits per heavy atom. The summed E-state index contributed by atoms with van der Waals surface area (Å²) < 4.78 is 0. The minimum Gasteiger partial charge on any atom is -0.352 e. The van der Waals surface area contributed by atoms with Gasteiger partial charge in [-0.05, 0) is 51.1 Å². The summed E-state index contributed by atoms with van der Waals surface area (Å²) in [5.74, 6) is 1.34. The largest absolute Gasteiger partial charge is 0.352 e. The molecule has 3 N–H and O–H groups in total. The molecular weight excluding hydrogens is 238 g/mol. The molecule has 1 aliphatic heterocycles. The van der Waals surface area contributed by atoms with Crippen molar-refractivity contribution in [1.82, 2.24) is 10.2 Å². The van der Waals surface area contributed by atoms with Crippen molar-refractivity contribution in [3.8, 4) is 0 Å². The Hall–Kier alpha value is -0.610. The molecule has 5 unspecified atom stereocenters. The highest BCUT2D eigenvalue weighted by Gasteiger charge is 2.35. The molecule has 19 heavy (non-hydrogen) atoms. The summed E-state index contributed by atoms with van der Waals surface area (Å²) >= 11 is 0. The van der Waals surface area contributed by atoms with Crippen molar-refractivity contribution in [2.24, 2.45) is 23.5 Å². The van der Waals surface area contributed by atoms with Crippen LogP contribution in [0.25, 0.3) is 0 Å². The van der Waals surface area contributed by atoms with E-state index in [0.717, 1.165) is 32.4 Å². The zero-order chi connectivity index (χ0) is 14.0. The fraction of sp³-hybridized carbons (Fsp3) is 0.933. The molecule has 1 saturated heterocycles. The van der Waals surface area contributed by atoms with Gasteiger partial charge in [-0.15, -0.1) is 0 Å². The van der Waals surface area contributed by atoms with Crippen LogP contribution in [-0.4, -0.2) is 43.0 Å². The van der Waals surface area contributed by atoms with Crippen LogP contribution in [0.1, 0.15) is 39.5 Å². The first-order valence-corrected chi connectivity index (χ1v) is 7.72. The van der Waals surface area contributed by atoms with Crippen LogP contribution in [0.15, 0.2) is 0 Å². The summed E-state index contributed by atoms with van der Waals surface area (Å²) in [5.41, 5.74) is 6.14. The Balaban J connectivity index is 1.88. The van der Waals surface area contributed by atoms with Crippen LogP contribution in [0.3, 0.4) is 0 Å². The molecule has 2 rings (SSSR count). The summed E-state index contributed by atoms with van der Waals surface area (Å²) in [6.07, 6.45) is 4.21. The first kappa shape index (κ1) is 14.8. The van der Waals surface area contributed by atoms with Crippen molar-refractivity contribution in [1.29, 1.82) is 0 Å². The van der Waals surface area contributed by atoms with Crippen LogP contribution < -0.4 is 11.1 Å². The van der Waals surface area contributed by atoms with Crippen LogP contribution in [-0.2, 0) is 4.79 Å². The maximum Gasteiger partial charge on any atom is 0.223 e. The number of rotatable bonds is 2. The lowest BCUT2D eigenvalue weighted by atomic mass is 9.72. The molecular formula is C15H29N3O. The molecule has 0 radical (unpaired) electrons. The number of nitrogens with zero attached hydrogens (tertiary/aromatic N) is 1. The van der Waals surface area contributed by atoms with Crippen LogP contribution in [0.5, 0.6) is 0 Å². The Kier molecular flexibility index (Phi) is 4.85. The first-order valence-electron chi connectivity index (χ1n) is 7.72. The molecule has 1 aliphatic carbocycles. The second-order valence-electron chi connectivity index (χ2n) is 6.81. The minimum absolute atomic E-state index is 0.110. The fourth-order valence-electron chi connectivity index (χ4n) is 3.64. The van der Waals surface area contributed by atoms with E-state index in [-0.39, 0.29) is 17.9 Å². The maximum atomic E-state index is 12.5. The van der Waals surface area contributed by atoms with Gasteiger partial charge >= 0.3 is 0 Å². The molecule has 0 spiro atoms. The monoisotopic (exact) mass is 267 g/mol. The zero-order valence-electron chi connectivity index (χ0n) is 12.6. The number of carbonyl (C=O) groups is 1. The van der Waals surface area contributed by atoms with Crippen LogP contribution in [0.2, 0.25) is 0 Å². The van der Waals surface area contributed by atoms with E-state index in [1.807, 2.05) is 0 Å². The molecule has 2 aliphatic rings. The first-order chi connectivity index (χ1) is 8.97. The number of hydrogen-bond donors (Lipinski definition) is 2. The molecule has 1 amide bonds. The van der Waals surface area contributed by atoms with Crippen molar-refractivity contribution in [3.63, 3.8) is 0 Å². The zero-order valence-corrected chi connectivity index (χ0v) is 12.6. The van der Waals surface area contributed by atoms with Gasteiger partial charge in [0, 0.05) is 24.5 Å². The van der Waals surface area contributed by atoms with Gasteiger partial charge in [0.05, 0.1) is 0 Å². The molecule has 4 heteroatoms. The van der Waals surface area contributed by atoms with Gasteiger partial charge in [0.25, 0.3) is 0 Å².